The lowest BCUT2D eigenvalue weighted by atomic mass is 9.88. The van der Waals surface area contributed by atoms with Gasteiger partial charge in [0.2, 0.25) is 5.91 Å². The first kappa shape index (κ1) is 17.7. The largest absolute Gasteiger partial charge is 0.385 e. The van der Waals surface area contributed by atoms with Gasteiger partial charge in [-0.1, -0.05) is 57.0 Å². The van der Waals surface area contributed by atoms with Crippen molar-refractivity contribution >= 4 is 5.91 Å². The van der Waals surface area contributed by atoms with Crippen LogP contribution < -0.4 is 11.1 Å². The first-order chi connectivity index (χ1) is 10.1. The van der Waals surface area contributed by atoms with Gasteiger partial charge in [-0.05, 0) is 17.9 Å². The second-order valence-corrected chi connectivity index (χ2v) is 5.36. The maximum absolute atomic E-state index is 12.3. The molecule has 3 N–H and O–H groups in total. The summed E-state index contributed by atoms with van der Waals surface area (Å²) in [4.78, 5) is 12.3. The fourth-order valence-corrected chi connectivity index (χ4v) is 2.53. The third-order valence-electron chi connectivity index (χ3n) is 3.95. The molecule has 0 fully saturated rings. The fourth-order valence-electron chi connectivity index (χ4n) is 2.53. The lowest BCUT2D eigenvalue weighted by Crippen LogP contribution is -2.44. The average molecular weight is 292 g/mol. The SMILES string of the molecule is CCC(CC)C(NC(=O)C(N)CCOC)c1ccccc1. The van der Waals surface area contributed by atoms with Gasteiger partial charge in [-0.3, -0.25) is 4.79 Å². The highest BCUT2D eigenvalue weighted by molar-refractivity contribution is 5.81. The van der Waals surface area contributed by atoms with Crippen LogP contribution in [0.25, 0.3) is 0 Å². The number of hydrogen-bond acceptors (Lipinski definition) is 3. The zero-order valence-corrected chi connectivity index (χ0v) is 13.3. The molecule has 21 heavy (non-hydrogen) atoms. The molecule has 0 aliphatic rings. The van der Waals surface area contributed by atoms with Crippen molar-refractivity contribution in [2.45, 2.75) is 45.2 Å². The third-order valence-corrected chi connectivity index (χ3v) is 3.95. The first-order valence-electron chi connectivity index (χ1n) is 7.73. The Morgan fingerprint density at radius 1 is 1.24 bits per heavy atom. The van der Waals surface area contributed by atoms with Crippen molar-refractivity contribution in [2.75, 3.05) is 13.7 Å². The highest BCUT2D eigenvalue weighted by atomic mass is 16.5. The maximum Gasteiger partial charge on any atom is 0.237 e. The van der Waals surface area contributed by atoms with Gasteiger partial charge in [0.05, 0.1) is 12.1 Å². The van der Waals surface area contributed by atoms with Crippen LogP contribution in [0.2, 0.25) is 0 Å². The van der Waals surface area contributed by atoms with Gasteiger partial charge in [-0.15, -0.1) is 0 Å². The second-order valence-electron chi connectivity index (χ2n) is 5.36. The molecule has 1 amide bonds. The minimum absolute atomic E-state index is 0.0160. The van der Waals surface area contributed by atoms with E-state index < -0.39 is 6.04 Å². The Morgan fingerprint density at radius 2 is 1.86 bits per heavy atom. The predicted octanol–water partition coefficient (Wildman–Crippen LogP) is 2.64. The van der Waals surface area contributed by atoms with Crippen molar-refractivity contribution in [1.29, 1.82) is 0 Å². The van der Waals surface area contributed by atoms with Crippen LogP contribution in [0, 0.1) is 5.92 Å². The molecule has 2 atom stereocenters. The van der Waals surface area contributed by atoms with E-state index in [-0.39, 0.29) is 11.9 Å². The number of hydrogen-bond donors (Lipinski definition) is 2. The molecule has 2 unspecified atom stereocenters. The van der Waals surface area contributed by atoms with Gasteiger partial charge >= 0.3 is 0 Å². The molecule has 0 aromatic heterocycles. The smallest absolute Gasteiger partial charge is 0.237 e. The molecule has 0 heterocycles. The van der Waals surface area contributed by atoms with E-state index in [1.165, 1.54) is 0 Å². The van der Waals surface area contributed by atoms with Crippen LogP contribution in [0.3, 0.4) is 0 Å². The normalized spacial score (nSPS) is 14.0. The van der Waals surface area contributed by atoms with Crippen molar-refractivity contribution in [3.8, 4) is 0 Å². The minimum Gasteiger partial charge on any atom is -0.385 e. The Bertz CT molecular complexity index is 405. The van der Waals surface area contributed by atoms with Crippen molar-refractivity contribution in [3.05, 3.63) is 35.9 Å². The molecular formula is C17H28N2O2. The maximum atomic E-state index is 12.3. The molecule has 1 aromatic carbocycles. The summed E-state index contributed by atoms with van der Waals surface area (Å²) < 4.78 is 4.98. The summed E-state index contributed by atoms with van der Waals surface area (Å²) in [5.74, 6) is 0.304. The molecule has 0 aliphatic heterocycles. The van der Waals surface area contributed by atoms with Gasteiger partial charge in [0.25, 0.3) is 0 Å². The summed E-state index contributed by atoms with van der Waals surface area (Å²) in [6.07, 6.45) is 2.57. The molecule has 1 rings (SSSR count). The van der Waals surface area contributed by atoms with Crippen molar-refractivity contribution in [3.63, 3.8) is 0 Å². The Hall–Kier alpha value is -1.39. The van der Waals surface area contributed by atoms with Gasteiger partial charge in [-0.2, -0.15) is 0 Å². The van der Waals surface area contributed by atoms with Crippen LogP contribution in [-0.4, -0.2) is 25.7 Å². The molecular weight excluding hydrogens is 264 g/mol. The van der Waals surface area contributed by atoms with Crippen molar-refractivity contribution < 1.29 is 9.53 Å². The monoisotopic (exact) mass is 292 g/mol. The van der Waals surface area contributed by atoms with E-state index in [1.54, 1.807) is 7.11 Å². The van der Waals surface area contributed by atoms with E-state index in [2.05, 4.69) is 31.3 Å². The number of rotatable bonds is 9. The number of ether oxygens (including phenoxy) is 1. The van der Waals surface area contributed by atoms with E-state index in [9.17, 15) is 4.79 Å². The summed E-state index contributed by atoms with van der Waals surface area (Å²) >= 11 is 0. The first-order valence-corrected chi connectivity index (χ1v) is 7.73. The fraction of sp³-hybridized carbons (Fsp3) is 0.588. The van der Waals surface area contributed by atoms with Gasteiger partial charge in [-0.25, -0.2) is 0 Å². The van der Waals surface area contributed by atoms with E-state index in [1.807, 2.05) is 18.2 Å². The lowest BCUT2D eigenvalue weighted by molar-refractivity contribution is -0.123. The number of amides is 1. The number of carbonyl (C=O) groups excluding carboxylic acids is 1. The zero-order chi connectivity index (χ0) is 15.7. The highest BCUT2D eigenvalue weighted by Crippen LogP contribution is 2.27. The Kier molecular flexibility index (Phi) is 8.01. The lowest BCUT2D eigenvalue weighted by Gasteiger charge is -2.28. The number of methoxy groups -OCH3 is 1. The van der Waals surface area contributed by atoms with Crippen LogP contribution in [0.5, 0.6) is 0 Å². The summed E-state index contributed by atoms with van der Waals surface area (Å²) in [6, 6.07) is 9.60. The highest BCUT2D eigenvalue weighted by Gasteiger charge is 2.24. The number of benzene rings is 1. The summed E-state index contributed by atoms with van der Waals surface area (Å²) in [5.41, 5.74) is 7.06. The van der Waals surface area contributed by atoms with Gasteiger partial charge in [0.15, 0.2) is 0 Å². The minimum atomic E-state index is -0.523. The summed E-state index contributed by atoms with van der Waals surface area (Å²) in [7, 11) is 1.61. The van der Waals surface area contributed by atoms with Crippen LogP contribution in [-0.2, 0) is 9.53 Å². The van der Waals surface area contributed by atoms with Crippen LogP contribution in [0.4, 0.5) is 0 Å². The zero-order valence-electron chi connectivity index (χ0n) is 13.3. The molecule has 4 heteroatoms. The third kappa shape index (κ3) is 5.48. The van der Waals surface area contributed by atoms with E-state index in [4.69, 9.17) is 10.5 Å². The van der Waals surface area contributed by atoms with Gasteiger partial charge in [0.1, 0.15) is 0 Å². The molecule has 0 aliphatic carbocycles. The number of nitrogens with one attached hydrogen (secondary N) is 1. The molecule has 0 bridgehead atoms. The van der Waals surface area contributed by atoms with Crippen LogP contribution in [0.1, 0.15) is 44.7 Å². The van der Waals surface area contributed by atoms with E-state index in [0.717, 1.165) is 18.4 Å². The molecule has 0 radical (unpaired) electrons. The van der Waals surface area contributed by atoms with E-state index >= 15 is 0 Å². The van der Waals surface area contributed by atoms with Crippen molar-refractivity contribution in [2.24, 2.45) is 11.7 Å². The molecule has 0 spiro atoms. The molecule has 4 nitrogen and oxygen atoms in total. The van der Waals surface area contributed by atoms with E-state index in [0.29, 0.717) is 18.9 Å². The summed E-state index contributed by atoms with van der Waals surface area (Å²) in [6.45, 7) is 4.80. The van der Waals surface area contributed by atoms with Crippen molar-refractivity contribution in [1.82, 2.24) is 5.32 Å². The predicted molar refractivity (Wildman–Crippen MR) is 85.9 cm³/mol. The summed E-state index contributed by atoms with van der Waals surface area (Å²) in [5, 5.41) is 3.12. The van der Waals surface area contributed by atoms with Crippen LogP contribution >= 0.6 is 0 Å². The van der Waals surface area contributed by atoms with Gasteiger partial charge in [0, 0.05) is 13.7 Å². The number of carbonyl (C=O) groups is 1. The van der Waals surface area contributed by atoms with Crippen LogP contribution in [0.15, 0.2) is 30.3 Å². The average Bonchev–Trinajstić information content (AvgIpc) is 2.53. The second kappa shape index (κ2) is 9.53. The van der Waals surface area contributed by atoms with Gasteiger partial charge < -0.3 is 15.8 Å². The number of nitrogens with two attached hydrogens (primary N) is 1. The molecule has 1 aromatic rings. The quantitative estimate of drug-likeness (QED) is 0.735. The standard InChI is InChI=1S/C17H28N2O2/c1-4-13(5-2)16(14-9-7-6-8-10-14)19-17(20)15(18)11-12-21-3/h6-10,13,15-16H,4-5,11-12,18H2,1-3H3,(H,19,20). The topological polar surface area (TPSA) is 64.4 Å². The molecule has 0 saturated heterocycles. The Morgan fingerprint density at radius 3 is 2.38 bits per heavy atom. The molecule has 0 saturated carbocycles. The Balaban J connectivity index is 2.80. The Labute approximate surface area is 128 Å². The molecule has 118 valence electrons.